The molecule has 0 aromatic heterocycles. The van der Waals surface area contributed by atoms with Crippen molar-refractivity contribution in [2.24, 2.45) is 0 Å². The van der Waals surface area contributed by atoms with Gasteiger partial charge >= 0.3 is 6.09 Å². The summed E-state index contributed by atoms with van der Waals surface area (Å²) in [5.41, 5.74) is 6.29. The van der Waals surface area contributed by atoms with Gasteiger partial charge in [-0.3, -0.25) is 4.90 Å². The van der Waals surface area contributed by atoms with E-state index in [1.165, 1.54) is 10.4 Å². The third-order valence-electron chi connectivity index (χ3n) is 8.05. The second-order valence-corrected chi connectivity index (χ2v) is 22.6. The summed E-state index contributed by atoms with van der Waals surface area (Å²) in [7, 11) is -4.73. The molecule has 4 aromatic carbocycles. The van der Waals surface area contributed by atoms with E-state index >= 15 is 0 Å². The molecule has 0 N–H and O–H groups in total. The molecule has 0 fully saturated rings. The highest BCUT2D eigenvalue weighted by molar-refractivity contribution is 6.99. The maximum absolute atomic E-state index is 14.3. The highest BCUT2D eigenvalue weighted by Gasteiger charge is 2.52. The Kier molecular flexibility index (Phi) is 9.36. The van der Waals surface area contributed by atoms with Crippen LogP contribution in [0.15, 0.2) is 121 Å². The first kappa shape index (κ1) is 32.2. The molecule has 0 saturated carbocycles. The van der Waals surface area contributed by atoms with Gasteiger partial charge in [-0.2, -0.15) is 0 Å². The van der Waals surface area contributed by atoms with Gasteiger partial charge in [0, 0.05) is 0 Å². The smallest absolute Gasteiger partial charge is 0.410 e. The summed E-state index contributed by atoms with van der Waals surface area (Å²) >= 11 is 0. The monoisotopic (exact) mass is 629 g/mol. The minimum atomic E-state index is -2.95. The fourth-order valence-corrected chi connectivity index (χ4v) is 11.3. The first-order valence-electron chi connectivity index (χ1n) is 15.6. The molecule has 0 unspecified atom stereocenters. The number of fused-ring (bicyclic) bond motifs is 1. The highest BCUT2D eigenvalue weighted by Crippen LogP contribution is 2.41. The van der Waals surface area contributed by atoms with E-state index < -0.39 is 34.6 Å². The summed E-state index contributed by atoms with van der Waals surface area (Å²) in [5, 5.41) is 2.13. The number of ether oxygens (including phenoxy) is 1. The Hall–Kier alpha value is -4.16. The van der Waals surface area contributed by atoms with Gasteiger partial charge in [0.25, 0.3) is 8.32 Å². The number of amides is 1. The van der Waals surface area contributed by atoms with Crippen LogP contribution in [0.4, 0.5) is 4.79 Å². The third-order valence-corrected chi connectivity index (χ3v) is 14.1. The number of rotatable bonds is 6. The summed E-state index contributed by atoms with van der Waals surface area (Å²) in [4.78, 5) is 16.0. The van der Waals surface area contributed by atoms with Gasteiger partial charge in [-0.15, -0.1) is 5.54 Å². The van der Waals surface area contributed by atoms with Crippen LogP contribution in [0.2, 0.25) is 24.7 Å². The van der Waals surface area contributed by atoms with E-state index in [-0.39, 0.29) is 5.04 Å². The van der Waals surface area contributed by atoms with E-state index in [1.807, 2.05) is 42.5 Å². The van der Waals surface area contributed by atoms with Crippen molar-refractivity contribution in [3.05, 3.63) is 132 Å². The maximum Gasteiger partial charge on any atom is 0.420 e. The van der Waals surface area contributed by atoms with Crippen LogP contribution in [0.3, 0.4) is 0 Å². The number of hydrogen-bond acceptors (Lipinski definition) is 3. The Morgan fingerprint density at radius 2 is 1.29 bits per heavy atom. The number of benzene rings is 4. The number of nitrogens with zero attached hydrogens (tertiary/aromatic N) is 1. The van der Waals surface area contributed by atoms with E-state index in [0.29, 0.717) is 5.75 Å². The third kappa shape index (κ3) is 6.91. The summed E-state index contributed by atoms with van der Waals surface area (Å²) < 4.78 is 13.6. The van der Waals surface area contributed by atoms with Crippen molar-refractivity contribution in [1.29, 1.82) is 0 Å². The standard InChI is InChI=1S/C39H43NO3Si2/c1-30(43-45(39(2,3)4,33-22-13-9-14-23-33)34-24-15-10-16-25-34)37-29-31-19-17-18-26-35(31)36(27-28-44(5,6)7)40(37)38(41)42-32-20-11-8-12-21-32/h8-26,29-30,36H,1-7H3/t30-,36+/m0/s1. The zero-order valence-electron chi connectivity index (χ0n) is 27.4. The Morgan fingerprint density at radius 1 is 0.778 bits per heavy atom. The molecule has 0 spiro atoms. The van der Waals surface area contributed by atoms with Crippen LogP contribution in [-0.2, 0) is 4.43 Å². The quantitative estimate of drug-likeness (QED) is 0.159. The predicted molar refractivity (Wildman–Crippen MR) is 191 cm³/mol. The van der Waals surface area contributed by atoms with E-state index in [2.05, 4.69) is 126 Å². The topological polar surface area (TPSA) is 38.8 Å². The Balaban J connectivity index is 1.69. The summed E-state index contributed by atoms with van der Waals surface area (Å²) in [6, 6.07) is 38.1. The van der Waals surface area contributed by atoms with Crippen molar-refractivity contribution in [1.82, 2.24) is 4.90 Å². The first-order valence-corrected chi connectivity index (χ1v) is 21.0. The average Bonchev–Trinajstić information content (AvgIpc) is 3.02. The van der Waals surface area contributed by atoms with Gasteiger partial charge in [0.05, 0.1) is 11.8 Å². The molecule has 0 aliphatic carbocycles. The van der Waals surface area contributed by atoms with Crippen molar-refractivity contribution in [3.63, 3.8) is 0 Å². The number of carbonyl (C=O) groups excluding carboxylic acids is 1. The SMILES string of the molecule is C[C@H](O[Si](c1ccccc1)(c1ccccc1)C(C)(C)C)C1=Cc2ccccc2[C@@H](C#C[Si](C)(C)C)N1C(=O)Oc1ccccc1. The zero-order chi connectivity index (χ0) is 32.2. The fourth-order valence-electron chi connectivity index (χ4n) is 6.01. The molecular formula is C39H43NO3Si2. The molecule has 5 rings (SSSR count). The Bertz CT molecular complexity index is 1670. The van der Waals surface area contributed by atoms with Crippen LogP contribution < -0.4 is 15.1 Å². The fraction of sp³-hybridized carbons (Fsp3) is 0.256. The lowest BCUT2D eigenvalue weighted by Gasteiger charge is -2.46. The van der Waals surface area contributed by atoms with Gasteiger partial charge in [-0.05, 0) is 51.7 Å². The lowest BCUT2D eigenvalue weighted by Crippen LogP contribution is -2.68. The molecule has 1 aliphatic rings. The van der Waals surface area contributed by atoms with Crippen molar-refractivity contribution in [2.45, 2.75) is 64.5 Å². The molecule has 6 heteroatoms. The molecule has 1 heterocycles. The molecule has 4 aromatic rings. The molecule has 230 valence electrons. The van der Waals surface area contributed by atoms with Gasteiger partial charge in [-0.25, -0.2) is 4.79 Å². The van der Waals surface area contributed by atoms with Crippen molar-refractivity contribution in [2.75, 3.05) is 0 Å². The van der Waals surface area contributed by atoms with E-state index in [1.54, 1.807) is 17.0 Å². The van der Waals surface area contributed by atoms with Crippen LogP contribution >= 0.6 is 0 Å². The largest absolute Gasteiger partial charge is 0.420 e. The predicted octanol–water partition coefficient (Wildman–Crippen LogP) is 8.43. The number of carbonyl (C=O) groups is 1. The van der Waals surface area contributed by atoms with Crippen LogP contribution in [0.25, 0.3) is 6.08 Å². The van der Waals surface area contributed by atoms with Crippen LogP contribution in [0.1, 0.15) is 44.9 Å². The Labute approximate surface area is 270 Å². The molecule has 45 heavy (non-hydrogen) atoms. The normalized spacial score (nSPS) is 15.7. The van der Waals surface area contributed by atoms with Gasteiger partial charge in [0.15, 0.2) is 0 Å². The van der Waals surface area contributed by atoms with Gasteiger partial charge < -0.3 is 9.16 Å². The number of para-hydroxylation sites is 1. The van der Waals surface area contributed by atoms with E-state index in [4.69, 9.17) is 9.16 Å². The van der Waals surface area contributed by atoms with E-state index in [0.717, 1.165) is 16.8 Å². The summed E-state index contributed by atoms with van der Waals surface area (Å²) in [6.45, 7) is 15.5. The van der Waals surface area contributed by atoms with Crippen LogP contribution in [0, 0.1) is 11.5 Å². The van der Waals surface area contributed by atoms with Gasteiger partial charge in [0.1, 0.15) is 19.9 Å². The van der Waals surface area contributed by atoms with Crippen molar-refractivity contribution in [3.8, 4) is 17.2 Å². The second-order valence-electron chi connectivity index (χ2n) is 13.6. The lowest BCUT2D eigenvalue weighted by atomic mass is 9.93. The summed E-state index contributed by atoms with van der Waals surface area (Å²) in [5.74, 6) is 4.01. The lowest BCUT2D eigenvalue weighted by molar-refractivity contribution is 0.135. The Morgan fingerprint density at radius 3 is 1.82 bits per heavy atom. The van der Waals surface area contributed by atoms with E-state index in [9.17, 15) is 4.79 Å². The minimum absolute atomic E-state index is 0.233. The molecule has 1 amide bonds. The molecule has 1 aliphatic heterocycles. The van der Waals surface area contributed by atoms with Crippen LogP contribution in [-0.4, -0.2) is 33.5 Å². The maximum atomic E-state index is 14.3. The van der Waals surface area contributed by atoms with Crippen molar-refractivity contribution >= 4 is 38.9 Å². The first-order chi connectivity index (χ1) is 21.4. The van der Waals surface area contributed by atoms with Gasteiger partial charge in [0.2, 0.25) is 0 Å². The highest BCUT2D eigenvalue weighted by atomic mass is 28.4. The molecule has 0 bridgehead atoms. The second kappa shape index (κ2) is 13.1. The zero-order valence-corrected chi connectivity index (χ0v) is 29.4. The molecule has 0 saturated heterocycles. The minimum Gasteiger partial charge on any atom is -0.410 e. The van der Waals surface area contributed by atoms with Crippen LogP contribution in [0.5, 0.6) is 5.75 Å². The molecule has 2 atom stereocenters. The number of hydrogen-bond donors (Lipinski definition) is 0. The molecule has 0 radical (unpaired) electrons. The van der Waals surface area contributed by atoms with Crippen molar-refractivity contribution < 1.29 is 14.0 Å². The average molecular weight is 630 g/mol. The van der Waals surface area contributed by atoms with Gasteiger partial charge in [-0.1, -0.05) is 149 Å². The summed E-state index contributed by atoms with van der Waals surface area (Å²) in [6.07, 6.45) is 1.13. The molecule has 4 nitrogen and oxygen atoms in total. The molecular weight excluding hydrogens is 587 g/mol.